The number of carbonyl (C=O) groups is 2. The van der Waals surface area contributed by atoms with Crippen molar-refractivity contribution in [2.24, 2.45) is 34.5 Å². The van der Waals surface area contributed by atoms with Crippen molar-refractivity contribution in [1.29, 1.82) is 0 Å². The molecule has 7 N–H and O–H groups in total. The lowest BCUT2D eigenvalue weighted by Crippen LogP contribution is -2.64. The highest BCUT2D eigenvalue weighted by Crippen LogP contribution is 2.70. The molecule has 7 rings (SSSR count). The molecule has 3 aliphatic heterocycles. The van der Waals surface area contributed by atoms with E-state index in [1.54, 1.807) is 6.92 Å². The molecule has 0 radical (unpaired) electrons. The van der Waals surface area contributed by atoms with Gasteiger partial charge < -0.3 is 64.2 Å². The molecule has 0 spiro atoms. The van der Waals surface area contributed by atoms with E-state index in [0.717, 1.165) is 31.3 Å². The summed E-state index contributed by atoms with van der Waals surface area (Å²) in [6.45, 7) is 6.90. The fourth-order valence-electron chi connectivity index (χ4n) is 11.7. The predicted octanol–water partition coefficient (Wildman–Crippen LogP) is -0.178. The van der Waals surface area contributed by atoms with Crippen LogP contribution in [0.25, 0.3) is 0 Å². The molecule has 4 aliphatic carbocycles. The van der Waals surface area contributed by atoms with Gasteiger partial charge in [-0.15, -0.1) is 0 Å². The van der Waals surface area contributed by atoms with Crippen LogP contribution >= 0.6 is 0 Å². The fourth-order valence-corrected chi connectivity index (χ4v) is 11.7. The first-order valence-electron chi connectivity index (χ1n) is 18.9. The van der Waals surface area contributed by atoms with E-state index in [1.807, 2.05) is 0 Å². The normalized spacial score (nSPS) is 53.3. The molecular weight excluding hydrogens is 684 g/mol. The lowest BCUT2D eigenvalue weighted by Gasteiger charge is -2.63. The quantitative estimate of drug-likeness (QED) is 0.133. The first-order chi connectivity index (χ1) is 24.5. The monoisotopic (exact) mass is 740 g/mol. The second-order valence-electron chi connectivity index (χ2n) is 17.1. The van der Waals surface area contributed by atoms with Crippen molar-refractivity contribution in [3.63, 3.8) is 0 Å². The van der Waals surface area contributed by atoms with Crippen LogP contribution in [-0.2, 0) is 38.0 Å². The summed E-state index contributed by atoms with van der Waals surface area (Å²) in [6, 6.07) is 0. The Hall–Kier alpha value is -1.76. The Labute approximate surface area is 303 Å². The smallest absolute Gasteiger partial charge is 0.331 e. The summed E-state index contributed by atoms with van der Waals surface area (Å²) < 4.78 is 34.7. The van der Waals surface area contributed by atoms with Crippen LogP contribution in [0.5, 0.6) is 0 Å². The minimum Gasteiger partial charge on any atom is -0.462 e. The average Bonchev–Trinajstić information content (AvgIpc) is 3.61. The maximum absolute atomic E-state index is 12.8. The number of aliphatic hydroxyl groups is 7. The average molecular weight is 741 g/mol. The molecule has 5 unspecified atom stereocenters. The van der Waals surface area contributed by atoms with E-state index < -0.39 is 97.1 Å². The van der Waals surface area contributed by atoms with Gasteiger partial charge in [-0.1, -0.05) is 13.8 Å². The molecule has 6 fully saturated rings. The Balaban J connectivity index is 1.01. The van der Waals surface area contributed by atoms with Crippen molar-refractivity contribution in [3.8, 4) is 0 Å². The van der Waals surface area contributed by atoms with Gasteiger partial charge in [0.25, 0.3) is 0 Å². The second kappa shape index (κ2) is 14.1. The molecule has 294 valence electrons. The van der Waals surface area contributed by atoms with Gasteiger partial charge in [-0.05, 0) is 80.6 Å². The molecule has 0 aromatic carbocycles. The Bertz CT molecular complexity index is 1390. The summed E-state index contributed by atoms with van der Waals surface area (Å²) in [5.41, 5.74) is -1.02. The van der Waals surface area contributed by atoms with Crippen molar-refractivity contribution in [1.82, 2.24) is 0 Å². The molecule has 15 heteroatoms. The molecule has 0 aromatic rings. The molecule has 52 heavy (non-hydrogen) atoms. The summed E-state index contributed by atoms with van der Waals surface area (Å²) in [5.74, 6) is -0.667. The lowest BCUT2D eigenvalue weighted by atomic mass is 9.43. The lowest BCUT2D eigenvalue weighted by molar-refractivity contribution is -0.360. The largest absolute Gasteiger partial charge is 0.462 e. The highest BCUT2D eigenvalue weighted by molar-refractivity contribution is 5.85. The number of fused-ring (bicyclic) bond motifs is 5. The van der Waals surface area contributed by atoms with Crippen molar-refractivity contribution >= 4 is 11.9 Å². The Kier molecular flexibility index (Phi) is 10.4. The molecule has 3 heterocycles. The molecule has 7 aliphatic rings. The summed E-state index contributed by atoms with van der Waals surface area (Å²) in [4.78, 5) is 24.3. The SMILES string of the molecule is CC(=O)OC1C[C@]2(O)C3CC[C@@H]4CC(O[C@@H]5O[C@H](C)[C@H](O[C@@H]6O[C@H](CO)[C@@H](O)[C@@H](O)[C@H]6O)[C@@H](O)[C@H]5O)CC[C@]4(C)C3CC[C@]2(C)C1C1=CC(=O)OC1. The molecule has 19 atom stereocenters. The summed E-state index contributed by atoms with van der Waals surface area (Å²) in [6.07, 6.45) is -7.32. The third-order valence-electron chi connectivity index (χ3n) is 14.4. The zero-order valence-electron chi connectivity index (χ0n) is 30.3. The number of rotatable bonds is 7. The number of esters is 2. The van der Waals surface area contributed by atoms with Gasteiger partial charge in [-0.2, -0.15) is 0 Å². The van der Waals surface area contributed by atoms with Gasteiger partial charge in [0.05, 0.1) is 24.4 Å². The third-order valence-corrected chi connectivity index (χ3v) is 14.4. The topological polar surface area (TPSA) is 231 Å². The number of cyclic esters (lactones) is 1. The minimum atomic E-state index is -1.68. The van der Waals surface area contributed by atoms with Crippen molar-refractivity contribution in [2.45, 2.75) is 158 Å². The third kappa shape index (κ3) is 6.16. The molecule has 4 saturated carbocycles. The zero-order chi connectivity index (χ0) is 37.5. The van der Waals surface area contributed by atoms with Crippen LogP contribution in [-0.4, -0.2) is 140 Å². The Morgan fingerprint density at radius 3 is 2.29 bits per heavy atom. The highest BCUT2D eigenvalue weighted by atomic mass is 16.7. The van der Waals surface area contributed by atoms with E-state index in [-0.39, 0.29) is 41.8 Å². The predicted molar refractivity (Wildman–Crippen MR) is 177 cm³/mol. The first kappa shape index (κ1) is 38.5. The number of ether oxygens (including phenoxy) is 6. The van der Waals surface area contributed by atoms with Crippen molar-refractivity contribution in [2.75, 3.05) is 13.2 Å². The van der Waals surface area contributed by atoms with Crippen LogP contribution < -0.4 is 0 Å². The standard InChI is InChI=1S/C37H56O15/c1-16-32(52-34-30(44)28(42)27(41)24(14-38)51-34)29(43)31(45)33(48-16)50-20-7-9-35(3)19(12-20)5-6-22-21(35)8-10-36(4)26(18-11-25(40)47-15-18)23(49-17(2)39)13-37(22,36)46/h11,16,19-24,26-34,38,41-46H,5-10,12-15H2,1-4H3/t16-,19-,20?,21?,22?,23?,24-,26?,27-,28-,29+,30-,31-,32+,33+,34+,35+,36-,37+/m1/s1. The number of hydrogen-bond acceptors (Lipinski definition) is 15. The molecule has 15 nitrogen and oxygen atoms in total. The zero-order valence-corrected chi connectivity index (χ0v) is 30.3. The second-order valence-corrected chi connectivity index (χ2v) is 17.1. The van der Waals surface area contributed by atoms with E-state index in [1.165, 1.54) is 13.0 Å². The van der Waals surface area contributed by atoms with Crippen LogP contribution in [0.4, 0.5) is 0 Å². The summed E-state index contributed by atoms with van der Waals surface area (Å²) in [5, 5.41) is 75.2. The van der Waals surface area contributed by atoms with Crippen molar-refractivity contribution in [3.05, 3.63) is 11.6 Å². The molecule has 2 saturated heterocycles. The van der Waals surface area contributed by atoms with Gasteiger partial charge in [0, 0.05) is 30.8 Å². The van der Waals surface area contributed by atoms with Gasteiger partial charge >= 0.3 is 11.9 Å². The van der Waals surface area contributed by atoms with Crippen LogP contribution in [0.2, 0.25) is 0 Å². The number of hydrogen-bond donors (Lipinski definition) is 7. The van der Waals surface area contributed by atoms with Gasteiger partial charge in [-0.25, -0.2) is 4.79 Å². The minimum absolute atomic E-state index is 0.0215. The van der Waals surface area contributed by atoms with Crippen molar-refractivity contribution < 1.29 is 73.8 Å². The molecule has 0 amide bonds. The van der Waals surface area contributed by atoms with Crippen LogP contribution in [0.1, 0.15) is 79.1 Å². The van der Waals surface area contributed by atoms with Crippen LogP contribution in [0.15, 0.2) is 11.6 Å². The van der Waals surface area contributed by atoms with E-state index in [2.05, 4.69) is 13.8 Å². The summed E-state index contributed by atoms with van der Waals surface area (Å²) >= 11 is 0. The first-order valence-corrected chi connectivity index (χ1v) is 18.9. The van der Waals surface area contributed by atoms with Gasteiger partial charge in [0.15, 0.2) is 12.6 Å². The molecule has 0 bridgehead atoms. The highest BCUT2D eigenvalue weighted by Gasteiger charge is 2.71. The van der Waals surface area contributed by atoms with E-state index in [9.17, 15) is 45.3 Å². The van der Waals surface area contributed by atoms with Crippen LogP contribution in [0.3, 0.4) is 0 Å². The number of aliphatic hydroxyl groups excluding tert-OH is 6. The summed E-state index contributed by atoms with van der Waals surface area (Å²) in [7, 11) is 0. The molecule has 0 aromatic heterocycles. The number of carbonyl (C=O) groups excluding carboxylic acids is 2. The Morgan fingerprint density at radius 1 is 0.904 bits per heavy atom. The van der Waals surface area contributed by atoms with Gasteiger partial charge in [0.1, 0.15) is 55.4 Å². The maximum atomic E-state index is 12.8. The molecular formula is C37H56O15. The van der Waals surface area contributed by atoms with E-state index in [4.69, 9.17) is 28.4 Å². The van der Waals surface area contributed by atoms with E-state index >= 15 is 0 Å². The maximum Gasteiger partial charge on any atom is 0.331 e. The fraction of sp³-hybridized carbons (Fsp3) is 0.892. The van der Waals surface area contributed by atoms with Gasteiger partial charge in [0.2, 0.25) is 0 Å². The Morgan fingerprint density at radius 2 is 1.62 bits per heavy atom. The van der Waals surface area contributed by atoms with Crippen LogP contribution in [0, 0.1) is 34.5 Å². The van der Waals surface area contributed by atoms with Gasteiger partial charge in [-0.3, -0.25) is 4.79 Å². The van der Waals surface area contributed by atoms with E-state index in [0.29, 0.717) is 25.7 Å².